The first-order valence-corrected chi connectivity index (χ1v) is 14.6. The van der Waals surface area contributed by atoms with Crippen molar-refractivity contribution in [3.63, 3.8) is 0 Å². The van der Waals surface area contributed by atoms with Crippen LogP contribution in [0.15, 0.2) is 48.8 Å². The number of piperazine rings is 1. The molecular formula is C31H43N9O2. The lowest BCUT2D eigenvalue weighted by Crippen LogP contribution is -2.47. The van der Waals surface area contributed by atoms with E-state index < -0.39 is 0 Å². The monoisotopic (exact) mass is 573 g/mol. The van der Waals surface area contributed by atoms with Crippen LogP contribution in [0.5, 0.6) is 0 Å². The van der Waals surface area contributed by atoms with Gasteiger partial charge in [-0.2, -0.15) is 0 Å². The van der Waals surface area contributed by atoms with Crippen molar-refractivity contribution in [1.82, 2.24) is 29.7 Å². The van der Waals surface area contributed by atoms with Gasteiger partial charge in [0.15, 0.2) is 0 Å². The van der Waals surface area contributed by atoms with Crippen LogP contribution in [0.4, 0.5) is 17.5 Å². The summed E-state index contributed by atoms with van der Waals surface area (Å²) in [5.41, 5.74) is 9.70. The largest absolute Gasteiger partial charge is 0.360 e. The Morgan fingerprint density at radius 3 is 2.43 bits per heavy atom. The molecule has 0 radical (unpaired) electrons. The molecular weight excluding hydrogens is 530 g/mol. The minimum absolute atomic E-state index is 0.0356. The second-order valence-corrected chi connectivity index (χ2v) is 10.9. The summed E-state index contributed by atoms with van der Waals surface area (Å²) in [6, 6.07) is 11.6. The smallest absolute Gasteiger partial charge is 0.253 e. The molecule has 11 nitrogen and oxygen atoms in total. The summed E-state index contributed by atoms with van der Waals surface area (Å²) < 4.78 is 0. The number of nitrogens with one attached hydrogen (secondary N) is 1. The van der Waals surface area contributed by atoms with Crippen molar-refractivity contribution in [1.29, 1.82) is 0 Å². The highest BCUT2D eigenvalue weighted by molar-refractivity contribution is 5.96. The van der Waals surface area contributed by atoms with Crippen LogP contribution in [0.2, 0.25) is 0 Å². The molecule has 2 aromatic heterocycles. The highest BCUT2D eigenvalue weighted by Gasteiger charge is 2.21. The second kappa shape index (κ2) is 14.8. The minimum Gasteiger partial charge on any atom is -0.360 e. The third-order valence-electron chi connectivity index (χ3n) is 7.44. The highest BCUT2D eigenvalue weighted by atomic mass is 16.2. The van der Waals surface area contributed by atoms with E-state index >= 15 is 0 Å². The normalized spacial score (nSPS) is 14.0. The molecule has 4 rings (SSSR count). The van der Waals surface area contributed by atoms with E-state index in [-0.39, 0.29) is 11.7 Å². The van der Waals surface area contributed by atoms with Gasteiger partial charge in [-0.25, -0.2) is 15.0 Å². The number of hydrogen-bond acceptors (Lipinski definition) is 10. The molecule has 1 fully saturated rings. The Hall–Kier alpha value is -3.93. The molecule has 0 aliphatic carbocycles. The fourth-order valence-electron chi connectivity index (χ4n) is 4.87. The first-order valence-electron chi connectivity index (χ1n) is 14.6. The van der Waals surface area contributed by atoms with Crippen molar-refractivity contribution in [3.05, 3.63) is 59.9 Å². The quantitative estimate of drug-likeness (QED) is 0.315. The SMILES string of the molecule is CCC(=O)CN1CCN(Cc2cc(Nc3nccc(-c4ccc(N(C)CCCN)nc4)n3)ccc2C(=O)N(C)C)CC1. The topological polar surface area (TPSA) is 124 Å². The van der Waals surface area contributed by atoms with Crippen molar-refractivity contribution in [2.24, 2.45) is 5.73 Å². The molecule has 0 spiro atoms. The third kappa shape index (κ3) is 8.31. The Labute approximate surface area is 248 Å². The predicted octanol–water partition coefficient (Wildman–Crippen LogP) is 2.87. The molecule has 0 atom stereocenters. The summed E-state index contributed by atoms with van der Waals surface area (Å²) in [7, 11) is 5.53. The van der Waals surface area contributed by atoms with E-state index in [1.807, 2.05) is 56.6 Å². The van der Waals surface area contributed by atoms with Gasteiger partial charge in [-0.15, -0.1) is 0 Å². The lowest BCUT2D eigenvalue weighted by Gasteiger charge is -2.34. The van der Waals surface area contributed by atoms with Gasteiger partial charge >= 0.3 is 0 Å². The molecule has 0 unspecified atom stereocenters. The minimum atomic E-state index is -0.0356. The standard InChI is InChI=1S/C31H43N9O2/c1-5-26(41)22-40-17-15-39(16-18-40)21-24-19-25(8-9-27(24)30(42)37(2)3)35-31-33-13-11-28(36-31)23-7-10-29(34-20-23)38(4)14-6-12-32/h7-11,13,19-20H,5-6,12,14-18,21-22,32H2,1-4H3,(H,33,35,36). The number of nitrogens with two attached hydrogens (primary N) is 1. The molecule has 1 aliphatic heterocycles. The molecule has 224 valence electrons. The average Bonchev–Trinajstić information content (AvgIpc) is 3.00. The molecule has 1 aliphatic rings. The molecule has 42 heavy (non-hydrogen) atoms. The number of benzene rings is 1. The molecule has 1 amide bonds. The number of nitrogens with zero attached hydrogens (tertiary/aromatic N) is 7. The summed E-state index contributed by atoms with van der Waals surface area (Å²) in [5, 5.41) is 3.32. The van der Waals surface area contributed by atoms with Gasteiger partial charge in [0.1, 0.15) is 11.6 Å². The van der Waals surface area contributed by atoms with E-state index in [0.29, 0.717) is 37.6 Å². The van der Waals surface area contributed by atoms with Crippen LogP contribution in [-0.4, -0.2) is 108 Å². The second-order valence-electron chi connectivity index (χ2n) is 10.9. The van der Waals surface area contributed by atoms with E-state index in [1.165, 1.54) is 0 Å². The van der Waals surface area contributed by atoms with Crippen LogP contribution in [0.25, 0.3) is 11.3 Å². The molecule has 0 bridgehead atoms. The third-order valence-corrected chi connectivity index (χ3v) is 7.44. The van der Waals surface area contributed by atoms with E-state index in [2.05, 4.69) is 30.0 Å². The number of rotatable bonds is 13. The van der Waals surface area contributed by atoms with Crippen LogP contribution in [0.3, 0.4) is 0 Å². The Morgan fingerprint density at radius 1 is 1.00 bits per heavy atom. The van der Waals surface area contributed by atoms with Gasteiger partial charge in [-0.1, -0.05) is 6.92 Å². The lowest BCUT2D eigenvalue weighted by atomic mass is 10.0. The fraction of sp³-hybridized carbons (Fsp3) is 0.452. The van der Waals surface area contributed by atoms with Gasteiger partial charge in [-0.05, 0) is 54.9 Å². The number of aromatic nitrogens is 3. The predicted molar refractivity (Wildman–Crippen MR) is 167 cm³/mol. The number of carbonyl (C=O) groups is 2. The molecule has 1 aromatic carbocycles. The average molecular weight is 574 g/mol. The van der Waals surface area contributed by atoms with Crippen molar-refractivity contribution >= 4 is 29.1 Å². The van der Waals surface area contributed by atoms with E-state index in [4.69, 9.17) is 10.7 Å². The van der Waals surface area contributed by atoms with Crippen molar-refractivity contribution in [3.8, 4) is 11.3 Å². The summed E-state index contributed by atoms with van der Waals surface area (Å²) in [4.78, 5) is 46.8. The van der Waals surface area contributed by atoms with Crippen LogP contribution in [-0.2, 0) is 11.3 Å². The molecule has 3 N–H and O–H groups in total. The van der Waals surface area contributed by atoms with E-state index in [0.717, 1.165) is 67.5 Å². The van der Waals surface area contributed by atoms with Crippen molar-refractivity contribution in [2.75, 3.05) is 77.2 Å². The maximum atomic E-state index is 13.0. The number of anilines is 3. The van der Waals surface area contributed by atoms with Gasteiger partial charge < -0.3 is 20.9 Å². The Balaban J connectivity index is 1.48. The van der Waals surface area contributed by atoms with Crippen molar-refractivity contribution in [2.45, 2.75) is 26.3 Å². The molecule has 3 heterocycles. The zero-order valence-electron chi connectivity index (χ0n) is 25.2. The fourth-order valence-corrected chi connectivity index (χ4v) is 4.87. The van der Waals surface area contributed by atoms with Gasteiger partial charge in [0.2, 0.25) is 5.95 Å². The van der Waals surface area contributed by atoms with Gasteiger partial charge in [0.05, 0.1) is 12.2 Å². The Morgan fingerprint density at radius 2 is 1.76 bits per heavy atom. The first kappa shape index (κ1) is 31.0. The highest BCUT2D eigenvalue weighted by Crippen LogP contribution is 2.24. The van der Waals surface area contributed by atoms with Gasteiger partial charge in [0.25, 0.3) is 5.91 Å². The summed E-state index contributed by atoms with van der Waals surface area (Å²) in [6.07, 6.45) is 5.02. The molecule has 11 heteroatoms. The molecule has 3 aromatic rings. The lowest BCUT2D eigenvalue weighted by molar-refractivity contribution is -0.120. The van der Waals surface area contributed by atoms with Gasteiger partial charge in [-0.3, -0.25) is 19.4 Å². The van der Waals surface area contributed by atoms with Gasteiger partial charge in [0, 0.05) is 96.0 Å². The number of amides is 1. The van der Waals surface area contributed by atoms with Crippen LogP contribution >= 0.6 is 0 Å². The maximum Gasteiger partial charge on any atom is 0.253 e. The van der Waals surface area contributed by atoms with E-state index in [1.54, 1.807) is 25.2 Å². The Bertz CT molecular complexity index is 1340. The number of carbonyl (C=O) groups excluding carboxylic acids is 2. The van der Waals surface area contributed by atoms with Crippen LogP contribution in [0, 0.1) is 0 Å². The summed E-state index contributed by atoms with van der Waals surface area (Å²) in [5.74, 6) is 1.58. The van der Waals surface area contributed by atoms with E-state index in [9.17, 15) is 9.59 Å². The number of Topliss-reactive ketones (excluding diaryl/α,β-unsaturated/α-hetero) is 1. The Kier molecular flexibility index (Phi) is 10.9. The van der Waals surface area contributed by atoms with Crippen LogP contribution < -0.4 is 16.0 Å². The zero-order chi connectivity index (χ0) is 30.1. The molecule has 0 saturated carbocycles. The first-order chi connectivity index (χ1) is 20.3. The maximum absolute atomic E-state index is 13.0. The van der Waals surface area contributed by atoms with Crippen LogP contribution in [0.1, 0.15) is 35.7 Å². The molecule has 1 saturated heterocycles. The zero-order valence-corrected chi connectivity index (χ0v) is 25.2. The number of pyridine rings is 1. The number of hydrogen-bond donors (Lipinski definition) is 2. The summed E-state index contributed by atoms with van der Waals surface area (Å²) in [6.45, 7) is 7.90. The number of ketones is 1. The van der Waals surface area contributed by atoms with Crippen molar-refractivity contribution < 1.29 is 9.59 Å². The summed E-state index contributed by atoms with van der Waals surface area (Å²) >= 11 is 0.